The van der Waals surface area contributed by atoms with Crippen LogP contribution in [-0.4, -0.2) is 31.8 Å². The number of hydrogen-bond acceptors (Lipinski definition) is 5. The molecule has 6 heteroatoms. The SMILES string of the molecule is CC(C)(C)CC(C)(C(=O)OC1C2CC3C1OS(=O)(=O)C3C2)C(C)(C)C. The van der Waals surface area contributed by atoms with Crippen LogP contribution >= 0.6 is 0 Å². The van der Waals surface area contributed by atoms with Crippen LogP contribution in [0.4, 0.5) is 0 Å². The lowest BCUT2D eigenvalue weighted by molar-refractivity contribution is -0.177. The van der Waals surface area contributed by atoms with Gasteiger partial charge in [0.2, 0.25) is 0 Å². The van der Waals surface area contributed by atoms with Crippen molar-refractivity contribution in [2.45, 2.75) is 85.2 Å². The lowest BCUT2D eigenvalue weighted by Gasteiger charge is -2.44. The van der Waals surface area contributed by atoms with Crippen LogP contribution in [-0.2, 0) is 23.8 Å². The standard InChI is InChI=1S/C19H32O5S/c1-17(2,3)10-19(7,18(4,5)6)16(20)23-14-11-8-12-13(9-11)25(21,22)24-15(12)14/h11-15H,8-10H2,1-7H3. The van der Waals surface area contributed by atoms with Crippen molar-refractivity contribution in [1.82, 2.24) is 0 Å². The molecule has 5 nitrogen and oxygen atoms in total. The predicted molar refractivity (Wildman–Crippen MR) is 95.3 cm³/mol. The Morgan fingerprint density at radius 3 is 2.20 bits per heavy atom. The number of fused-ring (bicyclic) bond motifs is 1. The molecule has 1 saturated heterocycles. The predicted octanol–water partition coefficient (Wildman–Crippen LogP) is 3.52. The van der Waals surface area contributed by atoms with Crippen molar-refractivity contribution in [1.29, 1.82) is 0 Å². The summed E-state index contributed by atoms with van der Waals surface area (Å²) < 4.78 is 35.5. The molecule has 2 saturated carbocycles. The number of rotatable bonds is 3. The first kappa shape index (κ1) is 19.2. The molecule has 1 heterocycles. The fourth-order valence-corrected chi connectivity index (χ4v) is 6.88. The van der Waals surface area contributed by atoms with Crippen LogP contribution in [0.3, 0.4) is 0 Å². The summed E-state index contributed by atoms with van der Waals surface area (Å²) in [6.45, 7) is 14.5. The molecule has 25 heavy (non-hydrogen) atoms. The van der Waals surface area contributed by atoms with E-state index in [4.69, 9.17) is 8.92 Å². The Bertz CT molecular complexity index is 669. The van der Waals surface area contributed by atoms with Crippen LogP contribution < -0.4 is 0 Å². The Kier molecular flexibility index (Phi) is 4.17. The summed E-state index contributed by atoms with van der Waals surface area (Å²) in [6.07, 6.45) is 1.16. The van der Waals surface area contributed by atoms with Crippen LogP contribution in [0.2, 0.25) is 0 Å². The van der Waals surface area contributed by atoms with Crippen molar-refractivity contribution >= 4 is 16.1 Å². The molecule has 0 spiro atoms. The molecule has 144 valence electrons. The zero-order valence-corrected chi connectivity index (χ0v) is 17.3. The molecule has 0 aromatic heterocycles. The summed E-state index contributed by atoms with van der Waals surface area (Å²) in [6, 6.07) is 0. The Labute approximate surface area is 152 Å². The van der Waals surface area contributed by atoms with E-state index in [-0.39, 0.29) is 33.9 Å². The monoisotopic (exact) mass is 372 g/mol. The highest BCUT2D eigenvalue weighted by Crippen LogP contribution is 2.56. The molecule has 0 radical (unpaired) electrons. The molecule has 3 aliphatic rings. The quantitative estimate of drug-likeness (QED) is 0.560. The molecule has 0 N–H and O–H groups in total. The summed E-state index contributed by atoms with van der Waals surface area (Å²) in [7, 11) is -3.48. The van der Waals surface area contributed by atoms with Gasteiger partial charge in [0.25, 0.3) is 10.1 Å². The van der Waals surface area contributed by atoms with Crippen molar-refractivity contribution in [3.8, 4) is 0 Å². The van der Waals surface area contributed by atoms with E-state index in [2.05, 4.69) is 41.5 Å². The third-order valence-electron chi connectivity index (χ3n) is 6.65. The first-order chi connectivity index (χ1) is 11.2. The van der Waals surface area contributed by atoms with Gasteiger partial charge in [-0.1, -0.05) is 41.5 Å². The van der Waals surface area contributed by atoms with E-state index in [1.807, 2.05) is 6.92 Å². The van der Waals surface area contributed by atoms with Gasteiger partial charge >= 0.3 is 5.97 Å². The van der Waals surface area contributed by atoms with Gasteiger partial charge in [0.15, 0.2) is 0 Å². The highest BCUT2D eigenvalue weighted by atomic mass is 32.2. The fraction of sp³-hybridized carbons (Fsp3) is 0.947. The normalized spacial score (nSPS) is 38.6. The zero-order chi connectivity index (χ0) is 19.0. The van der Waals surface area contributed by atoms with Gasteiger partial charge in [0.1, 0.15) is 12.2 Å². The van der Waals surface area contributed by atoms with E-state index < -0.39 is 27.7 Å². The second-order valence-electron chi connectivity index (χ2n) is 10.7. The van der Waals surface area contributed by atoms with Crippen LogP contribution in [0.5, 0.6) is 0 Å². The number of carbonyl (C=O) groups is 1. The van der Waals surface area contributed by atoms with Crippen molar-refractivity contribution in [2.24, 2.45) is 28.1 Å². The largest absolute Gasteiger partial charge is 0.459 e. The van der Waals surface area contributed by atoms with Gasteiger partial charge in [-0.25, -0.2) is 0 Å². The first-order valence-corrected chi connectivity index (χ1v) is 10.8. The van der Waals surface area contributed by atoms with Gasteiger partial charge in [-0.05, 0) is 37.0 Å². The van der Waals surface area contributed by atoms with E-state index in [0.29, 0.717) is 12.8 Å². The first-order valence-electron chi connectivity index (χ1n) is 9.29. The summed E-state index contributed by atoms with van der Waals surface area (Å²) in [4.78, 5) is 13.2. The van der Waals surface area contributed by atoms with Gasteiger partial charge in [-0.3, -0.25) is 8.98 Å². The van der Waals surface area contributed by atoms with Gasteiger partial charge in [-0.15, -0.1) is 0 Å². The Balaban J connectivity index is 1.82. The molecule has 2 aliphatic carbocycles. The molecule has 3 rings (SSSR count). The third kappa shape index (κ3) is 3.03. The van der Waals surface area contributed by atoms with E-state index in [1.165, 1.54) is 0 Å². The van der Waals surface area contributed by atoms with Crippen molar-refractivity contribution < 1.29 is 22.1 Å². The molecule has 0 amide bonds. The average molecular weight is 373 g/mol. The highest BCUT2D eigenvalue weighted by molar-refractivity contribution is 7.87. The molecule has 2 bridgehead atoms. The fourth-order valence-electron chi connectivity index (χ4n) is 5.00. The molecule has 6 unspecified atom stereocenters. The Hall–Kier alpha value is -0.620. The number of hydrogen-bond donors (Lipinski definition) is 0. The molecule has 0 aromatic carbocycles. The van der Waals surface area contributed by atoms with Gasteiger partial charge < -0.3 is 4.74 Å². The summed E-state index contributed by atoms with van der Waals surface area (Å²) in [5, 5.41) is -0.388. The Morgan fingerprint density at radius 1 is 1.08 bits per heavy atom. The number of ether oxygens (including phenoxy) is 1. The molecular weight excluding hydrogens is 340 g/mol. The van der Waals surface area contributed by atoms with E-state index in [9.17, 15) is 13.2 Å². The van der Waals surface area contributed by atoms with Crippen LogP contribution in [0.1, 0.15) is 67.7 Å². The number of esters is 1. The highest BCUT2D eigenvalue weighted by Gasteiger charge is 2.66. The van der Waals surface area contributed by atoms with E-state index >= 15 is 0 Å². The topological polar surface area (TPSA) is 69.7 Å². The van der Waals surface area contributed by atoms with E-state index in [0.717, 1.165) is 6.42 Å². The summed E-state index contributed by atoms with van der Waals surface area (Å²) in [5.74, 6) is -0.117. The second kappa shape index (κ2) is 5.44. The minimum Gasteiger partial charge on any atom is -0.459 e. The van der Waals surface area contributed by atoms with Gasteiger partial charge in [-0.2, -0.15) is 8.42 Å². The minimum atomic E-state index is -3.48. The molecular formula is C19H32O5S. The second-order valence-corrected chi connectivity index (χ2v) is 12.5. The maximum atomic E-state index is 13.2. The van der Waals surface area contributed by atoms with Crippen LogP contribution in [0, 0.1) is 28.1 Å². The number of carbonyl (C=O) groups excluding carboxylic acids is 1. The molecule has 0 aromatic rings. The van der Waals surface area contributed by atoms with Gasteiger partial charge in [0.05, 0.1) is 10.7 Å². The van der Waals surface area contributed by atoms with Crippen molar-refractivity contribution in [3.63, 3.8) is 0 Å². The van der Waals surface area contributed by atoms with Crippen LogP contribution in [0.25, 0.3) is 0 Å². The van der Waals surface area contributed by atoms with E-state index in [1.54, 1.807) is 0 Å². The third-order valence-corrected chi connectivity index (χ3v) is 8.42. The smallest absolute Gasteiger partial charge is 0.312 e. The van der Waals surface area contributed by atoms with Crippen molar-refractivity contribution in [2.75, 3.05) is 0 Å². The average Bonchev–Trinajstić information content (AvgIpc) is 2.99. The minimum absolute atomic E-state index is 0.00342. The summed E-state index contributed by atoms with van der Waals surface area (Å²) >= 11 is 0. The summed E-state index contributed by atoms with van der Waals surface area (Å²) in [5.41, 5.74) is -0.932. The van der Waals surface area contributed by atoms with Crippen LogP contribution in [0.15, 0.2) is 0 Å². The van der Waals surface area contributed by atoms with Crippen molar-refractivity contribution in [3.05, 3.63) is 0 Å². The maximum Gasteiger partial charge on any atom is 0.312 e. The lowest BCUT2D eigenvalue weighted by atomic mass is 9.61. The molecule has 6 atom stereocenters. The maximum absolute atomic E-state index is 13.2. The Morgan fingerprint density at radius 2 is 1.68 bits per heavy atom. The lowest BCUT2D eigenvalue weighted by Crippen LogP contribution is -2.47. The molecule has 3 fully saturated rings. The molecule has 1 aliphatic heterocycles. The van der Waals surface area contributed by atoms with Gasteiger partial charge in [0, 0.05) is 11.8 Å². The zero-order valence-electron chi connectivity index (χ0n) is 16.5.